The molecule has 0 aromatic carbocycles. The fourth-order valence-corrected chi connectivity index (χ4v) is 4.29. The Morgan fingerprint density at radius 2 is 1.66 bits per heavy atom. The first kappa shape index (κ1) is 26.2. The van der Waals surface area contributed by atoms with Crippen LogP contribution in [0.3, 0.4) is 0 Å². The van der Waals surface area contributed by atoms with E-state index in [1.807, 2.05) is 13.8 Å². The molecule has 1 heterocycles. The molecular formula is C25H48N2O2. The summed E-state index contributed by atoms with van der Waals surface area (Å²) in [4.78, 5) is 12.1. The van der Waals surface area contributed by atoms with Crippen LogP contribution >= 0.6 is 0 Å². The molecule has 0 aromatic heterocycles. The van der Waals surface area contributed by atoms with E-state index in [2.05, 4.69) is 38.2 Å². The molecule has 0 spiro atoms. The summed E-state index contributed by atoms with van der Waals surface area (Å²) in [5, 5.41) is 3.13. The Bertz CT molecular complexity index is 480. The van der Waals surface area contributed by atoms with Crippen LogP contribution in [0, 0.1) is 0 Å². The Morgan fingerprint density at radius 1 is 0.966 bits per heavy atom. The zero-order valence-electron chi connectivity index (χ0n) is 19.9. The van der Waals surface area contributed by atoms with E-state index >= 15 is 0 Å². The molecule has 0 saturated carbocycles. The van der Waals surface area contributed by atoms with E-state index < -0.39 is 0 Å². The molecule has 0 bridgehead atoms. The van der Waals surface area contributed by atoms with Gasteiger partial charge in [0.25, 0.3) is 0 Å². The first-order chi connectivity index (χ1) is 13.6. The molecule has 0 aliphatic carbocycles. The van der Waals surface area contributed by atoms with E-state index in [9.17, 15) is 4.79 Å². The molecule has 2 atom stereocenters. The van der Waals surface area contributed by atoms with Crippen molar-refractivity contribution in [3.8, 4) is 0 Å². The van der Waals surface area contributed by atoms with Gasteiger partial charge in [-0.2, -0.15) is 0 Å². The molecule has 4 heteroatoms. The number of hydrogen-bond acceptors (Lipinski definition) is 3. The standard InChI is InChI=1S/C25H48N2O2/c1-6-7-14-17-21-22(29-21)18-15-12-10-8-9-11-13-16-19-23(28)27-25(4,5)20-24(2,3)26/h12,15,21-22H,6-11,13-14,16-20,26H2,1-5H3,(H,27,28)/b15-12-/t21-,22+/m1/s1. The summed E-state index contributed by atoms with van der Waals surface area (Å²) < 4.78 is 5.72. The topological polar surface area (TPSA) is 67.7 Å². The molecule has 3 N–H and O–H groups in total. The van der Waals surface area contributed by atoms with Gasteiger partial charge in [-0.1, -0.05) is 57.6 Å². The Kier molecular flexibility index (Phi) is 12.1. The number of amides is 1. The second-order valence-electron chi connectivity index (χ2n) is 10.3. The van der Waals surface area contributed by atoms with Gasteiger partial charge in [0, 0.05) is 17.5 Å². The number of carbonyl (C=O) groups excluding carboxylic acids is 1. The fourth-order valence-electron chi connectivity index (χ4n) is 4.29. The SMILES string of the molecule is CCCCC[C@H]1O[C@H]1C/C=C\CCCCCCCC(=O)NC(C)(C)CC(C)(C)N. The van der Waals surface area contributed by atoms with Gasteiger partial charge in [0.2, 0.25) is 5.91 Å². The molecule has 0 radical (unpaired) electrons. The minimum Gasteiger partial charge on any atom is -0.369 e. The maximum atomic E-state index is 12.1. The van der Waals surface area contributed by atoms with E-state index in [1.165, 1.54) is 44.9 Å². The van der Waals surface area contributed by atoms with Crippen molar-refractivity contribution in [1.29, 1.82) is 0 Å². The first-order valence-electron chi connectivity index (χ1n) is 12.0. The molecule has 0 unspecified atom stereocenters. The Hall–Kier alpha value is -0.870. The minimum atomic E-state index is -0.271. The van der Waals surface area contributed by atoms with Gasteiger partial charge in [-0.05, 0) is 66.2 Å². The van der Waals surface area contributed by atoms with Gasteiger partial charge < -0.3 is 15.8 Å². The highest BCUT2D eigenvalue weighted by Gasteiger charge is 2.36. The highest BCUT2D eigenvalue weighted by atomic mass is 16.6. The number of unbranched alkanes of at least 4 members (excludes halogenated alkanes) is 7. The third-order valence-corrected chi connectivity index (χ3v) is 5.46. The number of ether oxygens (including phenoxy) is 1. The van der Waals surface area contributed by atoms with Crippen LogP contribution < -0.4 is 11.1 Å². The third-order valence-electron chi connectivity index (χ3n) is 5.46. The molecule has 1 saturated heterocycles. The highest BCUT2D eigenvalue weighted by Crippen LogP contribution is 2.30. The second kappa shape index (κ2) is 13.4. The molecule has 4 nitrogen and oxygen atoms in total. The van der Waals surface area contributed by atoms with E-state index in [1.54, 1.807) is 0 Å². The zero-order chi connectivity index (χ0) is 21.8. The normalized spacial score (nSPS) is 19.7. The Morgan fingerprint density at radius 3 is 2.34 bits per heavy atom. The number of carbonyl (C=O) groups is 1. The molecular weight excluding hydrogens is 360 g/mol. The predicted octanol–water partition coefficient (Wildman–Crippen LogP) is 6.03. The number of allylic oxidation sites excluding steroid dienone is 1. The van der Waals surface area contributed by atoms with E-state index in [4.69, 9.17) is 10.5 Å². The van der Waals surface area contributed by atoms with E-state index in [-0.39, 0.29) is 17.0 Å². The van der Waals surface area contributed by atoms with Crippen molar-refractivity contribution < 1.29 is 9.53 Å². The summed E-state index contributed by atoms with van der Waals surface area (Å²) in [7, 11) is 0. The van der Waals surface area contributed by atoms with Gasteiger partial charge in [-0.25, -0.2) is 0 Å². The molecule has 170 valence electrons. The fraction of sp³-hybridized carbons (Fsp3) is 0.880. The summed E-state index contributed by atoms with van der Waals surface area (Å²) in [6.45, 7) is 10.4. The lowest BCUT2D eigenvalue weighted by Gasteiger charge is -2.33. The average Bonchev–Trinajstić information content (AvgIpc) is 3.32. The third kappa shape index (κ3) is 14.7. The maximum Gasteiger partial charge on any atom is 0.220 e. The quantitative estimate of drug-likeness (QED) is 0.175. The van der Waals surface area contributed by atoms with E-state index in [0.717, 1.165) is 32.1 Å². The highest BCUT2D eigenvalue weighted by molar-refractivity contribution is 5.76. The van der Waals surface area contributed by atoms with Crippen molar-refractivity contribution in [2.24, 2.45) is 5.73 Å². The van der Waals surface area contributed by atoms with Gasteiger partial charge in [0.05, 0.1) is 12.2 Å². The molecule has 1 amide bonds. The smallest absolute Gasteiger partial charge is 0.220 e. The Balaban J connectivity index is 1.93. The van der Waals surface area contributed by atoms with Crippen LogP contribution in [0.15, 0.2) is 12.2 Å². The largest absolute Gasteiger partial charge is 0.369 e. The van der Waals surface area contributed by atoms with Gasteiger partial charge in [0.15, 0.2) is 0 Å². The number of epoxide rings is 1. The summed E-state index contributed by atoms with van der Waals surface area (Å²) in [6, 6.07) is 0. The lowest BCUT2D eigenvalue weighted by atomic mass is 9.87. The van der Waals surface area contributed by atoms with Crippen LogP contribution in [-0.2, 0) is 9.53 Å². The lowest BCUT2D eigenvalue weighted by Crippen LogP contribution is -2.50. The van der Waals surface area contributed by atoms with Crippen molar-refractivity contribution in [3.05, 3.63) is 12.2 Å². The number of nitrogens with one attached hydrogen (secondary N) is 1. The molecule has 29 heavy (non-hydrogen) atoms. The first-order valence-corrected chi connectivity index (χ1v) is 12.0. The van der Waals surface area contributed by atoms with Crippen LogP contribution in [0.5, 0.6) is 0 Å². The average molecular weight is 409 g/mol. The van der Waals surface area contributed by atoms with Gasteiger partial charge in [-0.3, -0.25) is 4.79 Å². The van der Waals surface area contributed by atoms with Crippen molar-refractivity contribution in [2.45, 2.75) is 141 Å². The molecule has 1 aliphatic rings. The van der Waals surface area contributed by atoms with Crippen molar-refractivity contribution in [2.75, 3.05) is 0 Å². The van der Waals surface area contributed by atoms with Crippen LogP contribution in [0.25, 0.3) is 0 Å². The van der Waals surface area contributed by atoms with Crippen molar-refractivity contribution in [3.63, 3.8) is 0 Å². The summed E-state index contributed by atoms with van der Waals surface area (Å²) >= 11 is 0. The van der Waals surface area contributed by atoms with Gasteiger partial charge in [-0.15, -0.1) is 0 Å². The molecule has 1 rings (SSSR count). The number of rotatable bonds is 17. The predicted molar refractivity (Wildman–Crippen MR) is 124 cm³/mol. The van der Waals surface area contributed by atoms with Crippen LogP contribution in [-0.4, -0.2) is 29.2 Å². The summed E-state index contributed by atoms with van der Waals surface area (Å²) in [5.41, 5.74) is 5.56. The second-order valence-corrected chi connectivity index (χ2v) is 10.3. The minimum absolute atomic E-state index is 0.150. The molecule has 1 aliphatic heterocycles. The monoisotopic (exact) mass is 408 g/mol. The maximum absolute atomic E-state index is 12.1. The van der Waals surface area contributed by atoms with Crippen LogP contribution in [0.4, 0.5) is 0 Å². The van der Waals surface area contributed by atoms with Crippen molar-refractivity contribution >= 4 is 5.91 Å². The molecule has 0 aromatic rings. The van der Waals surface area contributed by atoms with E-state index in [0.29, 0.717) is 18.6 Å². The van der Waals surface area contributed by atoms with Gasteiger partial charge >= 0.3 is 0 Å². The Labute approximate surface area is 180 Å². The lowest BCUT2D eigenvalue weighted by molar-refractivity contribution is -0.123. The summed E-state index contributed by atoms with van der Waals surface area (Å²) in [6.07, 6.45) is 20.3. The number of nitrogens with two attached hydrogens (primary N) is 1. The van der Waals surface area contributed by atoms with Gasteiger partial charge in [0.1, 0.15) is 0 Å². The van der Waals surface area contributed by atoms with Crippen LogP contribution in [0.1, 0.15) is 118 Å². The number of hydrogen-bond donors (Lipinski definition) is 2. The molecule has 1 fully saturated rings. The van der Waals surface area contributed by atoms with Crippen molar-refractivity contribution in [1.82, 2.24) is 5.32 Å². The van der Waals surface area contributed by atoms with Crippen LogP contribution in [0.2, 0.25) is 0 Å². The zero-order valence-corrected chi connectivity index (χ0v) is 19.9. The summed E-state index contributed by atoms with van der Waals surface area (Å²) in [5.74, 6) is 0.150.